The maximum atomic E-state index is 12.8. The number of anilines is 1. The first kappa shape index (κ1) is 13.1. The van der Waals surface area contributed by atoms with Gasteiger partial charge in [0.15, 0.2) is 0 Å². The van der Waals surface area contributed by atoms with Gasteiger partial charge in [0.25, 0.3) is 0 Å². The Morgan fingerprint density at radius 1 is 1.25 bits per heavy atom. The van der Waals surface area contributed by atoms with Crippen molar-refractivity contribution >= 4 is 16.7 Å². The number of hydrogen-bond acceptors (Lipinski definition) is 4. The highest BCUT2D eigenvalue weighted by Gasteiger charge is 2.42. The fourth-order valence-corrected chi connectivity index (χ4v) is 2.31. The molecule has 0 aliphatic carbocycles. The molecule has 20 heavy (non-hydrogen) atoms. The maximum Gasteiger partial charge on any atom is 0.405 e. The zero-order chi connectivity index (χ0) is 14.2. The third kappa shape index (κ3) is 2.53. The molecule has 1 N–H and O–H groups in total. The zero-order valence-corrected chi connectivity index (χ0v) is 10.6. The van der Waals surface area contributed by atoms with E-state index in [4.69, 9.17) is 0 Å². The molecular formula is C13H13F3N4. The van der Waals surface area contributed by atoms with Gasteiger partial charge in [-0.25, -0.2) is 4.98 Å². The van der Waals surface area contributed by atoms with Gasteiger partial charge in [0, 0.05) is 31.2 Å². The quantitative estimate of drug-likeness (QED) is 0.868. The van der Waals surface area contributed by atoms with Crippen molar-refractivity contribution in [2.45, 2.75) is 12.2 Å². The lowest BCUT2D eigenvalue weighted by molar-refractivity contribution is -0.155. The van der Waals surface area contributed by atoms with E-state index in [9.17, 15) is 13.2 Å². The Morgan fingerprint density at radius 3 is 2.90 bits per heavy atom. The van der Waals surface area contributed by atoms with Crippen molar-refractivity contribution < 1.29 is 13.2 Å². The molecule has 0 saturated carbocycles. The molecule has 0 aromatic carbocycles. The monoisotopic (exact) mass is 282 g/mol. The van der Waals surface area contributed by atoms with Gasteiger partial charge in [0.05, 0.1) is 11.7 Å². The molecule has 7 heteroatoms. The summed E-state index contributed by atoms with van der Waals surface area (Å²) >= 11 is 0. The van der Waals surface area contributed by atoms with Gasteiger partial charge in [-0.2, -0.15) is 13.2 Å². The van der Waals surface area contributed by atoms with E-state index in [2.05, 4.69) is 15.3 Å². The van der Waals surface area contributed by atoms with Gasteiger partial charge in [-0.1, -0.05) is 0 Å². The molecule has 1 saturated heterocycles. The summed E-state index contributed by atoms with van der Waals surface area (Å²) in [5.74, 6) is 0.557. The van der Waals surface area contributed by atoms with Crippen molar-refractivity contribution in [2.75, 3.05) is 24.5 Å². The number of fused-ring (bicyclic) bond motifs is 1. The Kier molecular flexibility index (Phi) is 3.21. The van der Waals surface area contributed by atoms with Crippen LogP contribution in [0.25, 0.3) is 10.9 Å². The Morgan fingerprint density at radius 2 is 2.10 bits per heavy atom. The minimum atomic E-state index is -4.24. The molecule has 1 aliphatic heterocycles. The number of nitrogens with zero attached hydrogens (tertiary/aromatic N) is 3. The number of piperazine rings is 1. The minimum absolute atomic E-state index is 0.123. The fraction of sp³-hybridized carbons (Fsp3) is 0.385. The topological polar surface area (TPSA) is 41.1 Å². The summed E-state index contributed by atoms with van der Waals surface area (Å²) in [6.45, 7) is 0.671. The summed E-state index contributed by atoms with van der Waals surface area (Å²) in [6, 6.07) is 3.91. The van der Waals surface area contributed by atoms with Gasteiger partial charge in [-0.15, -0.1) is 0 Å². The molecule has 2 aromatic heterocycles. The van der Waals surface area contributed by atoms with Crippen molar-refractivity contribution in [3.8, 4) is 0 Å². The van der Waals surface area contributed by atoms with E-state index >= 15 is 0 Å². The van der Waals surface area contributed by atoms with Crippen LogP contribution in [0.3, 0.4) is 0 Å². The lowest BCUT2D eigenvalue weighted by Crippen LogP contribution is -2.57. The van der Waals surface area contributed by atoms with Crippen molar-refractivity contribution in [3.63, 3.8) is 0 Å². The van der Waals surface area contributed by atoms with E-state index in [1.54, 1.807) is 23.4 Å². The van der Waals surface area contributed by atoms with Gasteiger partial charge in [0.1, 0.15) is 11.9 Å². The first-order chi connectivity index (χ1) is 9.54. The molecule has 2 aromatic rings. The van der Waals surface area contributed by atoms with Crippen LogP contribution in [0, 0.1) is 0 Å². The number of aromatic nitrogens is 2. The van der Waals surface area contributed by atoms with Gasteiger partial charge < -0.3 is 10.2 Å². The van der Waals surface area contributed by atoms with Gasteiger partial charge in [-0.3, -0.25) is 4.98 Å². The van der Waals surface area contributed by atoms with Gasteiger partial charge in [-0.05, 0) is 18.2 Å². The van der Waals surface area contributed by atoms with Crippen LogP contribution < -0.4 is 10.2 Å². The molecule has 4 nitrogen and oxygen atoms in total. The largest absolute Gasteiger partial charge is 0.405 e. The average Bonchev–Trinajstić information content (AvgIpc) is 2.46. The second-order valence-corrected chi connectivity index (χ2v) is 4.73. The second-order valence-electron chi connectivity index (χ2n) is 4.73. The van der Waals surface area contributed by atoms with Crippen LogP contribution in [0.5, 0.6) is 0 Å². The molecule has 0 spiro atoms. The predicted molar refractivity (Wildman–Crippen MR) is 69.6 cm³/mol. The van der Waals surface area contributed by atoms with Crippen molar-refractivity contribution in [2.24, 2.45) is 0 Å². The van der Waals surface area contributed by atoms with E-state index in [1.807, 2.05) is 12.1 Å². The van der Waals surface area contributed by atoms with Crippen LogP contribution in [0.15, 0.2) is 30.6 Å². The number of hydrogen-bond donors (Lipinski definition) is 1. The number of rotatable bonds is 1. The van der Waals surface area contributed by atoms with Crippen molar-refractivity contribution in [1.29, 1.82) is 0 Å². The molecule has 1 atom stereocenters. The standard InChI is InChI=1S/C13H13F3N4/c14-13(15,16)11-8-20(6-5-18-11)12-2-1-9-3-4-17-7-10(9)19-12/h1-4,7,11,18H,5-6,8H2. The van der Waals surface area contributed by atoms with Crippen molar-refractivity contribution in [3.05, 3.63) is 30.6 Å². The summed E-state index contributed by atoms with van der Waals surface area (Å²) in [5, 5.41) is 3.41. The summed E-state index contributed by atoms with van der Waals surface area (Å²) in [4.78, 5) is 10.0. The molecule has 0 radical (unpaired) electrons. The van der Waals surface area contributed by atoms with Gasteiger partial charge in [0.2, 0.25) is 0 Å². The Balaban J connectivity index is 1.87. The lowest BCUT2D eigenvalue weighted by atomic mass is 10.2. The summed E-state index contributed by atoms with van der Waals surface area (Å²) in [6.07, 6.45) is -0.965. The van der Waals surface area contributed by atoms with E-state index in [-0.39, 0.29) is 13.1 Å². The molecular weight excluding hydrogens is 269 g/mol. The molecule has 0 amide bonds. The SMILES string of the molecule is FC(F)(F)C1CN(c2ccc3ccncc3n2)CCN1. The third-order valence-corrected chi connectivity index (χ3v) is 3.37. The summed E-state index contributed by atoms with van der Waals surface area (Å²) in [5.41, 5.74) is 0.687. The summed E-state index contributed by atoms with van der Waals surface area (Å²) in [7, 11) is 0. The van der Waals surface area contributed by atoms with Crippen LogP contribution in [-0.2, 0) is 0 Å². The smallest absolute Gasteiger partial charge is 0.353 e. The van der Waals surface area contributed by atoms with Crippen LogP contribution >= 0.6 is 0 Å². The number of halogens is 3. The third-order valence-electron chi connectivity index (χ3n) is 3.37. The highest BCUT2D eigenvalue weighted by Crippen LogP contribution is 2.25. The zero-order valence-electron chi connectivity index (χ0n) is 10.6. The first-order valence-corrected chi connectivity index (χ1v) is 6.30. The molecule has 0 bridgehead atoms. The van der Waals surface area contributed by atoms with Crippen LogP contribution in [0.4, 0.5) is 19.0 Å². The Bertz CT molecular complexity index is 614. The number of pyridine rings is 2. The second kappa shape index (κ2) is 4.90. The van der Waals surface area contributed by atoms with Gasteiger partial charge >= 0.3 is 6.18 Å². The molecule has 106 valence electrons. The van der Waals surface area contributed by atoms with E-state index < -0.39 is 12.2 Å². The number of nitrogens with one attached hydrogen (secondary N) is 1. The highest BCUT2D eigenvalue weighted by atomic mass is 19.4. The predicted octanol–water partition coefficient (Wildman–Crippen LogP) is 1.97. The highest BCUT2D eigenvalue weighted by molar-refractivity contribution is 5.79. The normalized spacial score (nSPS) is 20.4. The van der Waals surface area contributed by atoms with Crippen LogP contribution in [0.2, 0.25) is 0 Å². The summed E-state index contributed by atoms with van der Waals surface area (Å²) < 4.78 is 38.3. The van der Waals surface area contributed by atoms with Crippen molar-refractivity contribution in [1.82, 2.24) is 15.3 Å². The fourth-order valence-electron chi connectivity index (χ4n) is 2.31. The Hall–Kier alpha value is -1.89. The average molecular weight is 282 g/mol. The molecule has 1 aliphatic rings. The van der Waals surface area contributed by atoms with E-state index in [0.29, 0.717) is 17.9 Å². The molecule has 1 fully saturated rings. The maximum absolute atomic E-state index is 12.8. The number of alkyl halides is 3. The minimum Gasteiger partial charge on any atom is -0.353 e. The van der Waals surface area contributed by atoms with E-state index in [0.717, 1.165) is 5.39 Å². The van der Waals surface area contributed by atoms with Crippen LogP contribution in [0.1, 0.15) is 0 Å². The molecule has 3 heterocycles. The van der Waals surface area contributed by atoms with Crippen LogP contribution in [-0.4, -0.2) is 41.8 Å². The molecule has 1 unspecified atom stereocenters. The molecule has 3 rings (SSSR count). The first-order valence-electron chi connectivity index (χ1n) is 6.30. The van der Waals surface area contributed by atoms with E-state index in [1.165, 1.54) is 0 Å². The Labute approximate surface area is 113 Å². The lowest BCUT2D eigenvalue weighted by Gasteiger charge is -2.35.